The second-order valence-electron chi connectivity index (χ2n) is 5.48. The van der Waals surface area contributed by atoms with Gasteiger partial charge >= 0.3 is 0 Å². The Bertz CT molecular complexity index is 511. The normalized spacial score (nSPS) is 15.6. The number of nitrogens with zero attached hydrogens (tertiary/aromatic N) is 1. The zero-order valence-electron chi connectivity index (χ0n) is 12.4. The molecule has 1 aliphatic heterocycles. The standard InChI is InChI=1S/C16H21ClN2O3/c17-13-5-3-12(4-6-13)16(22)18-9-1-2-15(21)19-10-7-14(20)8-11-19/h3-6,14,20H,1-2,7-11H2,(H,18,22). The van der Waals surface area contributed by atoms with Crippen LogP contribution in [-0.4, -0.2) is 47.6 Å². The van der Waals surface area contributed by atoms with Gasteiger partial charge in [0, 0.05) is 36.6 Å². The van der Waals surface area contributed by atoms with E-state index in [0.717, 1.165) is 0 Å². The van der Waals surface area contributed by atoms with E-state index in [1.807, 2.05) is 0 Å². The third-order valence-electron chi connectivity index (χ3n) is 3.78. The molecule has 0 aromatic heterocycles. The van der Waals surface area contributed by atoms with E-state index in [1.54, 1.807) is 29.2 Å². The molecule has 0 unspecified atom stereocenters. The van der Waals surface area contributed by atoms with Gasteiger partial charge in [-0.15, -0.1) is 0 Å². The number of amides is 2. The molecule has 0 saturated carbocycles. The number of hydrogen-bond donors (Lipinski definition) is 2. The van der Waals surface area contributed by atoms with Gasteiger partial charge in [0.25, 0.3) is 5.91 Å². The summed E-state index contributed by atoms with van der Waals surface area (Å²) in [6, 6.07) is 6.68. The molecule has 1 aromatic carbocycles. The van der Waals surface area contributed by atoms with Gasteiger partial charge in [-0.2, -0.15) is 0 Å². The molecule has 1 saturated heterocycles. The van der Waals surface area contributed by atoms with Crippen molar-refractivity contribution in [2.45, 2.75) is 31.8 Å². The van der Waals surface area contributed by atoms with E-state index < -0.39 is 0 Å². The van der Waals surface area contributed by atoms with Crippen LogP contribution in [0.3, 0.4) is 0 Å². The minimum atomic E-state index is -0.275. The number of benzene rings is 1. The van der Waals surface area contributed by atoms with Gasteiger partial charge in [-0.3, -0.25) is 9.59 Å². The van der Waals surface area contributed by atoms with Gasteiger partial charge in [0.1, 0.15) is 0 Å². The molecule has 0 atom stereocenters. The van der Waals surface area contributed by atoms with Crippen LogP contribution >= 0.6 is 11.6 Å². The Balaban J connectivity index is 1.65. The minimum Gasteiger partial charge on any atom is -0.393 e. The molecule has 2 rings (SSSR count). The molecule has 0 spiro atoms. The fourth-order valence-electron chi connectivity index (χ4n) is 2.42. The molecule has 0 bridgehead atoms. The molecule has 6 heteroatoms. The average Bonchev–Trinajstić information content (AvgIpc) is 2.52. The van der Waals surface area contributed by atoms with E-state index >= 15 is 0 Å². The van der Waals surface area contributed by atoms with Gasteiger partial charge in [0.05, 0.1) is 6.10 Å². The lowest BCUT2D eigenvalue weighted by Crippen LogP contribution is -2.40. The van der Waals surface area contributed by atoms with E-state index in [4.69, 9.17) is 11.6 Å². The second-order valence-corrected chi connectivity index (χ2v) is 5.91. The summed E-state index contributed by atoms with van der Waals surface area (Å²) in [7, 11) is 0. The summed E-state index contributed by atoms with van der Waals surface area (Å²) in [5.74, 6) is -0.0714. The number of hydrogen-bond acceptors (Lipinski definition) is 3. The first-order valence-corrected chi connectivity index (χ1v) is 7.93. The largest absolute Gasteiger partial charge is 0.393 e. The Kier molecular flexibility index (Phi) is 6.21. The molecular formula is C16H21ClN2O3. The van der Waals surface area contributed by atoms with Crippen LogP contribution in [0, 0.1) is 0 Å². The Morgan fingerprint density at radius 1 is 1.23 bits per heavy atom. The SMILES string of the molecule is O=C(NCCCC(=O)N1CCC(O)CC1)c1ccc(Cl)cc1. The fourth-order valence-corrected chi connectivity index (χ4v) is 2.54. The molecule has 1 fully saturated rings. The van der Waals surface area contributed by atoms with Crippen LogP contribution in [-0.2, 0) is 4.79 Å². The van der Waals surface area contributed by atoms with E-state index in [-0.39, 0.29) is 17.9 Å². The quantitative estimate of drug-likeness (QED) is 0.812. The number of carbonyl (C=O) groups is 2. The molecule has 0 radical (unpaired) electrons. The molecule has 22 heavy (non-hydrogen) atoms. The Morgan fingerprint density at radius 3 is 2.50 bits per heavy atom. The van der Waals surface area contributed by atoms with Gasteiger partial charge in [0.15, 0.2) is 0 Å². The second kappa shape index (κ2) is 8.15. The molecule has 5 nitrogen and oxygen atoms in total. The van der Waals surface area contributed by atoms with Crippen molar-refractivity contribution in [2.75, 3.05) is 19.6 Å². The number of nitrogens with one attached hydrogen (secondary N) is 1. The lowest BCUT2D eigenvalue weighted by Gasteiger charge is -2.29. The van der Waals surface area contributed by atoms with Gasteiger partial charge in [0.2, 0.25) is 5.91 Å². The van der Waals surface area contributed by atoms with Crippen molar-refractivity contribution in [1.29, 1.82) is 0 Å². The summed E-state index contributed by atoms with van der Waals surface area (Å²) >= 11 is 5.77. The van der Waals surface area contributed by atoms with E-state index in [1.165, 1.54) is 0 Å². The van der Waals surface area contributed by atoms with Crippen molar-refractivity contribution in [3.8, 4) is 0 Å². The van der Waals surface area contributed by atoms with Crippen LogP contribution in [0.5, 0.6) is 0 Å². The zero-order chi connectivity index (χ0) is 15.9. The number of carbonyl (C=O) groups excluding carboxylic acids is 2. The molecular weight excluding hydrogens is 304 g/mol. The molecule has 120 valence electrons. The summed E-state index contributed by atoms with van der Waals surface area (Å²) in [5.41, 5.74) is 0.556. The molecule has 1 aromatic rings. The lowest BCUT2D eigenvalue weighted by atomic mass is 10.1. The van der Waals surface area contributed by atoms with E-state index in [2.05, 4.69) is 5.32 Å². The predicted octanol–water partition coefficient (Wildman–Crippen LogP) is 1.83. The monoisotopic (exact) mass is 324 g/mol. The van der Waals surface area contributed by atoms with Gasteiger partial charge < -0.3 is 15.3 Å². The predicted molar refractivity (Wildman–Crippen MR) is 84.8 cm³/mol. The van der Waals surface area contributed by atoms with Gasteiger partial charge in [-0.25, -0.2) is 0 Å². The van der Waals surface area contributed by atoms with Crippen LogP contribution in [0.2, 0.25) is 5.02 Å². The van der Waals surface area contributed by atoms with Gasteiger partial charge in [-0.05, 0) is 43.5 Å². The Labute approximate surface area is 135 Å². The first-order valence-electron chi connectivity index (χ1n) is 7.56. The summed E-state index contributed by atoms with van der Waals surface area (Å²) in [6.45, 7) is 1.71. The highest BCUT2D eigenvalue weighted by molar-refractivity contribution is 6.30. The highest BCUT2D eigenvalue weighted by Gasteiger charge is 2.20. The Hall–Kier alpha value is -1.59. The van der Waals surface area contributed by atoms with Crippen molar-refractivity contribution in [1.82, 2.24) is 10.2 Å². The molecule has 0 aliphatic carbocycles. The Morgan fingerprint density at radius 2 is 1.86 bits per heavy atom. The minimum absolute atomic E-state index is 0.0904. The van der Waals surface area contributed by atoms with Crippen molar-refractivity contribution >= 4 is 23.4 Å². The smallest absolute Gasteiger partial charge is 0.251 e. The maximum absolute atomic E-state index is 12.0. The summed E-state index contributed by atoms with van der Waals surface area (Å²) in [5, 5.41) is 12.8. The molecule has 2 amide bonds. The van der Waals surface area contributed by atoms with Crippen molar-refractivity contribution in [3.63, 3.8) is 0 Å². The van der Waals surface area contributed by atoms with Crippen LogP contribution in [0.4, 0.5) is 0 Å². The molecule has 1 heterocycles. The third kappa shape index (κ3) is 5.00. The van der Waals surface area contributed by atoms with Gasteiger partial charge in [-0.1, -0.05) is 11.6 Å². The third-order valence-corrected chi connectivity index (χ3v) is 4.03. The zero-order valence-corrected chi connectivity index (χ0v) is 13.2. The van der Waals surface area contributed by atoms with Crippen LogP contribution in [0.25, 0.3) is 0 Å². The van der Waals surface area contributed by atoms with Crippen molar-refractivity contribution in [2.24, 2.45) is 0 Å². The maximum atomic E-state index is 12.0. The number of piperidine rings is 1. The van der Waals surface area contributed by atoms with Crippen molar-refractivity contribution < 1.29 is 14.7 Å². The van der Waals surface area contributed by atoms with E-state index in [9.17, 15) is 14.7 Å². The summed E-state index contributed by atoms with van der Waals surface area (Å²) < 4.78 is 0. The maximum Gasteiger partial charge on any atom is 0.251 e. The average molecular weight is 325 g/mol. The van der Waals surface area contributed by atoms with Crippen LogP contribution < -0.4 is 5.32 Å². The van der Waals surface area contributed by atoms with E-state index in [0.29, 0.717) is 55.9 Å². The lowest BCUT2D eigenvalue weighted by molar-refractivity contribution is -0.133. The first kappa shape index (κ1) is 16.8. The summed E-state index contributed by atoms with van der Waals surface area (Å²) in [6.07, 6.45) is 2.05. The molecule has 2 N–H and O–H groups in total. The van der Waals surface area contributed by atoms with Crippen LogP contribution in [0.1, 0.15) is 36.0 Å². The highest BCUT2D eigenvalue weighted by atomic mass is 35.5. The number of likely N-dealkylation sites (tertiary alicyclic amines) is 1. The molecule has 1 aliphatic rings. The topological polar surface area (TPSA) is 69.6 Å². The first-order chi connectivity index (χ1) is 10.6. The van der Waals surface area contributed by atoms with Crippen molar-refractivity contribution in [3.05, 3.63) is 34.9 Å². The number of aliphatic hydroxyl groups is 1. The fraction of sp³-hybridized carbons (Fsp3) is 0.500. The van der Waals surface area contributed by atoms with Crippen LogP contribution in [0.15, 0.2) is 24.3 Å². The number of halogens is 1. The number of aliphatic hydroxyl groups excluding tert-OH is 1. The summed E-state index contributed by atoms with van der Waals surface area (Å²) in [4.78, 5) is 25.6. The number of rotatable bonds is 5. The highest BCUT2D eigenvalue weighted by Crippen LogP contribution is 2.12.